The van der Waals surface area contributed by atoms with Crippen molar-refractivity contribution in [1.29, 1.82) is 0 Å². The number of aromatic amines is 1. The molecule has 0 aromatic carbocycles. The van der Waals surface area contributed by atoms with Crippen molar-refractivity contribution >= 4 is 23.3 Å². The van der Waals surface area contributed by atoms with E-state index in [1.807, 2.05) is 36.7 Å². The zero-order chi connectivity index (χ0) is 13.5. The van der Waals surface area contributed by atoms with Gasteiger partial charge in [0.25, 0.3) is 0 Å². The Morgan fingerprint density at radius 3 is 3.16 bits per heavy atom. The summed E-state index contributed by atoms with van der Waals surface area (Å²) in [4.78, 5) is 12.6. The molecule has 0 saturated carbocycles. The molecule has 2 aromatic rings. The topological polar surface area (TPSA) is 57.8 Å². The van der Waals surface area contributed by atoms with Crippen molar-refractivity contribution in [1.82, 2.24) is 15.5 Å². The zero-order valence-corrected chi connectivity index (χ0v) is 11.7. The molecule has 19 heavy (non-hydrogen) atoms. The van der Waals surface area contributed by atoms with Gasteiger partial charge in [0.15, 0.2) is 0 Å². The average Bonchev–Trinajstić information content (AvgIpc) is 3.04. The first-order valence-corrected chi connectivity index (χ1v) is 7.12. The highest BCUT2D eigenvalue weighted by Crippen LogP contribution is 2.09. The third-order valence-corrected chi connectivity index (χ3v) is 3.64. The lowest BCUT2D eigenvalue weighted by Gasteiger charge is -2.01. The van der Waals surface area contributed by atoms with Crippen molar-refractivity contribution in [3.63, 3.8) is 0 Å². The molecule has 2 heterocycles. The summed E-state index contributed by atoms with van der Waals surface area (Å²) in [5.74, 6) is -0.0442. The highest BCUT2D eigenvalue weighted by Gasteiger charge is 2.00. The van der Waals surface area contributed by atoms with E-state index in [0.717, 1.165) is 23.4 Å². The molecule has 0 radical (unpaired) electrons. The van der Waals surface area contributed by atoms with E-state index in [9.17, 15) is 4.79 Å². The van der Waals surface area contributed by atoms with Crippen LogP contribution in [0.2, 0.25) is 0 Å². The van der Waals surface area contributed by atoms with Gasteiger partial charge in [-0.2, -0.15) is 5.10 Å². The Balaban J connectivity index is 1.66. The van der Waals surface area contributed by atoms with Crippen molar-refractivity contribution < 1.29 is 4.79 Å². The van der Waals surface area contributed by atoms with Gasteiger partial charge in [0, 0.05) is 23.2 Å². The molecule has 0 spiro atoms. The summed E-state index contributed by atoms with van der Waals surface area (Å²) in [5, 5.41) is 11.7. The minimum atomic E-state index is -0.0442. The van der Waals surface area contributed by atoms with E-state index in [4.69, 9.17) is 0 Å². The summed E-state index contributed by atoms with van der Waals surface area (Å²) in [6, 6.07) is 3.95. The zero-order valence-electron chi connectivity index (χ0n) is 10.8. The fraction of sp³-hybridized carbons (Fsp3) is 0.286. The number of aromatic nitrogens is 2. The fourth-order valence-corrected chi connectivity index (χ4v) is 2.34. The predicted molar refractivity (Wildman–Crippen MR) is 78.0 cm³/mol. The van der Waals surface area contributed by atoms with Gasteiger partial charge in [-0.1, -0.05) is 6.07 Å². The van der Waals surface area contributed by atoms with Gasteiger partial charge in [-0.3, -0.25) is 9.89 Å². The van der Waals surface area contributed by atoms with Gasteiger partial charge < -0.3 is 5.32 Å². The molecule has 5 heteroatoms. The number of carbonyl (C=O) groups excluding carboxylic acids is 1. The number of amides is 1. The maximum absolute atomic E-state index is 11.6. The molecule has 0 saturated heterocycles. The van der Waals surface area contributed by atoms with Crippen LogP contribution < -0.4 is 5.32 Å². The summed E-state index contributed by atoms with van der Waals surface area (Å²) >= 11 is 1.62. The van der Waals surface area contributed by atoms with Gasteiger partial charge in [0.1, 0.15) is 0 Å². The third kappa shape index (κ3) is 4.37. The van der Waals surface area contributed by atoms with Crippen LogP contribution in [-0.2, 0) is 11.2 Å². The molecule has 1 amide bonds. The molecular weight excluding hydrogens is 258 g/mol. The normalized spacial score (nSPS) is 11.0. The molecule has 0 unspecified atom stereocenters. The van der Waals surface area contributed by atoms with Crippen LogP contribution in [0.15, 0.2) is 29.8 Å². The van der Waals surface area contributed by atoms with Gasteiger partial charge in [-0.05, 0) is 42.9 Å². The number of aryl methyl sites for hydroxylation is 2. The number of H-pyrrole nitrogens is 1. The predicted octanol–water partition coefficient (Wildman–Crippen LogP) is 2.54. The molecule has 4 nitrogen and oxygen atoms in total. The summed E-state index contributed by atoms with van der Waals surface area (Å²) in [5.41, 5.74) is 2.31. The van der Waals surface area contributed by atoms with E-state index in [-0.39, 0.29) is 5.91 Å². The van der Waals surface area contributed by atoms with Crippen molar-refractivity contribution in [2.45, 2.75) is 19.8 Å². The van der Waals surface area contributed by atoms with Crippen LogP contribution in [0.4, 0.5) is 0 Å². The minimum absolute atomic E-state index is 0.0442. The Hall–Kier alpha value is -1.88. The molecule has 2 rings (SSSR count). The van der Waals surface area contributed by atoms with E-state index in [1.54, 1.807) is 17.4 Å². The summed E-state index contributed by atoms with van der Waals surface area (Å²) in [6.07, 6.45) is 7.10. The Labute approximate surface area is 116 Å². The van der Waals surface area contributed by atoms with Gasteiger partial charge in [0.2, 0.25) is 5.91 Å². The summed E-state index contributed by atoms with van der Waals surface area (Å²) in [7, 11) is 0. The Bertz CT molecular complexity index is 543. The molecule has 0 aliphatic heterocycles. The fourth-order valence-electron chi connectivity index (χ4n) is 1.72. The average molecular weight is 275 g/mol. The SMILES string of the molecule is Cc1[nH]ncc1CCCNC(=O)C=Cc1cccs1. The Morgan fingerprint density at radius 1 is 1.58 bits per heavy atom. The van der Waals surface area contributed by atoms with Gasteiger partial charge in [-0.15, -0.1) is 11.3 Å². The van der Waals surface area contributed by atoms with Crippen LogP contribution in [0.3, 0.4) is 0 Å². The van der Waals surface area contributed by atoms with E-state index in [1.165, 1.54) is 5.56 Å². The molecule has 0 aliphatic carbocycles. The Kier molecular flexibility index (Phi) is 4.92. The molecule has 0 bridgehead atoms. The summed E-state index contributed by atoms with van der Waals surface area (Å²) < 4.78 is 0. The molecular formula is C14H17N3OS. The molecule has 0 atom stereocenters. The van der Waals surface area contributed by atoms with Crippen LogP contribution in [0, 0.1) is 6.92 Å². The lowest BCUT2D eigenvalue weighted by Crippen LogP contribution is -2.22. The minimum Gasteiger partial charge on any atom is -0.353 e. The lowest BCUT2D eigenvalue weighted by atomic mass is 10.1. The first-order valence-electron chi connectivity index (χ1n) is 6.24. The van der Waals surface area contributed by atoms with Gasteiger partial charge >= 0.3 is 0 Å². The highest BCUT2D eigenvalue weighted by molar-refractivity contribution is 7.10. The monoisotopic (exact) mass is 275 g/mol. The number of hydrogen-bond acceptors (Lipinski definition) is 3. The molecule has 2 N–H and O–H groups in total. The van der Waals surface area contributed by atoms with Gasteiger partial charge in [0.05, 0.1) is 6.20 Å². The van der Waals surface area contributed by atoms with Crippen molar-refractivity contribution in [2.75, 3.05) is 6.54 Å². The van der Waals surface area contributed by atoms with Crippen LogP contribution >= 0.6 is 11.3 Å². The van der Waals surface area contributed by atoms with Crippen molar-refractivity contribution in [3.8, 4) is 0 Å². The molecule has 100 valence electrons. The number of thiophene rings is 1. The van der Waals surface area contributed by atoms with E-state index in [2.05, 4.69) is 15.5 Å². The maximum Gasteiger partial charge on any atom is 0.244 e. The largest absolute Gasteiger partial charge is 0.353 e. The highest BCUT2D eigenvalue weighted by atomic mass is 32.1. The van der Waals surface area contributed by atoms with E-state index < -0.39 is 0 Å². The first kappa shape index (κ1) is 13.5. The molecule has 0 aliphatic rings. The van der Waals surface area contributed by atoms with E-state index >= 15 is 0 Å². The van der Waals surface area contributed by atoms with E-state index in [0.29, 0.717) is 6.54 Å². The van der Waals surface area contributed by atoms with Crippen LogP contribution in [0.5, 0.6) is 0 Å². The summed E-state index contributed by atoms with van der Waals surface area (Å²) in [6.45, 7) is 2.68. The second kappa shape index (κ2) is 6.89. The number of nitrogens with one attached hydrogen (secondary N) is 2. The molecule has 2 aromatic heterocycles. The van der Waals surface area contributed by atoms with Crippen LogP contribution in [0.1, 0.15) is 22.6 Å². The van der Waals surface area contributed by atoms with Gasteiger partial charge in [-0.25, -0.2) is 0 Å². The Morgan fingerprint density at radius 2 is 2.47 bits per heavy atom. The maximum atomic E-state index is 11.6. The van der Waals surface area contributed by atoms with Crippen LogP contribution in [0.25, 0.3) is 6.08 Å². The standard InChI is InChI=1S/C14H17N3OS/c1-11-12(10-16-17-11)4-2-8-15-14(18)7-6-13-5-3-9-19-13/h3,5-7,9-10H,2,4,8H2,1H3,(H,15,18)(H,16,17). The number of rotatable bonds is 6. The second-order valence-electron chi connectivity index (χ2n) is 4.26. The molecule has 0 fully saturated rings. The van der Waals surface area contributed by atoms with Crippen LogP contribution in [-0.4, -0.2) is 22.6 Å². The number of nitrogens with zero attached hydrogens (tertiary/aromatic N) is 1. The lowest BCUT2D eigenvalue weighted by molar-refractivity contribution is -0.116. The quantitative estimate of drug-likeness (QED) is 0.629. The second-order valence-corrected chi connectivity index (χ2v) is 5.24. The first-order chi connectivity index (χ1) is 9.25. The number of carbonyl (C=O) groups is 1. The third-order valence-electron chi connectivity index (χ3n) is 2.80. The smallest absolute Gasteiger partial charge is 0.244 e. The van der Waals surface area contributed by atoms with Crippen molar-refractivity contribution in [2.24, 2.45) is 0 Å². The number of hydrogen-bond donors (Lipinski definition) is 2. The van der Waals surface area contributed by atoms with Crippen molar-refractivity contribution in [3.05, 3.63) is 45.9 Å².